The molecule has 9 nitrogen and oxygen atoms in total. The second-order valence-corrected chi connectivity index (χ2v) is 7.28. The number of carboxylic acids is 1. The van der Waals surface area contributed by atoms with Crippen molar-refractivity contribution in [1.29, 1.82) is 0 Å². The summed E-state index contributed by atoms with van der Waals surface area (Å²) >= 11 is 1.22. The molecule has 2 aromatic heterocycles. The van der Waals surface area contributed by atoms with E-state index in [1.807, 2.05) is 0 Å². The number of fused-ring (bicyclic) bond motifs is 1. The van der Waals surface area contributed by atoms with Gasteiger partial charge in [-0.15, -0.1) is 11.3 Å². The highest BCUT2D eigenvalue weighted by molar-refractivity contribution is 7.17. The average molecular weight is 379 g/mol. The minimum atomic E-state index is -1.11. The predicted molar refractivity (Wildman–Crippen MR) is 93.8 cm³/mol. The Morgan fingerprint density at radius 1 is 1.42 bits per heavy atom. The zero-order valence-corrected chi connectivity index (χ0v) is 15.0. The first-order valence-corrected chi connectivity index (χ1v) is 8.77. The molecular weight excluding hydrogens is 362 g/mol. The van der Waals surface area contributed by atoms with E-state index in [9.17, 15) is 24.8 Å². The number of nitrogens with zero attached hydrogens (tertiary/aromatic N) is 2. The van der Waals surface area contributed by atoms with Crippen LogP contribution in [0.25, 0.3) is 0 Å². The number of nitro groups is 1. The number of amides is 1. The molecule has 138 valence electrons. The lowest BCUT2D eigenvalue weighted by Gasteiger charge is -2.30. The van der Waals surface area contributed by atoms with Gasteiger partial charge in [-0.2, -0.15) is 0 Å². The number of hydrogen-bond donors (Lipinski definition) is 2. The van der Waals surface area contributed by atoms with Crippen LogP contribution in [0.1, 0.15) is 45.2 Å². The summed E-state index contributed by atoms with van der Waals surface area (Å²) in [4.78, 5) is 37.0. The Balaban J connectivity index is 1.88. The minimum absolute atomic E-state index is 0.0859. The number of rotatable bonds is 5. The number of hydrogen-bond acceptors (Lipinski definition) is 7. The monoisotopic (exact) mass is 379 g/mol. The number of carboxylic acid groups (broad SMARTS) is 1. The molecule has 1 aliphatic rings. The van der Waals surface area contributed by atoms with Crippen molar-refractivity contribution in [3.8, 4) is 0 Å². The summed E-state index contributed by atoms with van der Waals surface area (Å²) in [5, 5.41) is 23.0. The third-order valence-electron chi connectivity index (χ3n) is 4.25. The second-order valence-electron chi connectivity index (χ2n) is 6.18. The Morgan fingerprint density at radius 3 is 2.73 bits per heavy atom. The smallest absolute Gasteiger partial charge is 0.433 e. The largest absolute Gasteiger partial charge is 0.478 e. The fourth-order valence-electron chi connectivity index (χ4n) is 2.89. The first-order valence-electron chi connectivity index (χ1n) is 7.95. The first-order chi connectivity index (χ1) is 12.3. The van der Waals surface area contributed by atoms with Crippen molar-refractivity contribution in [2.75, 3.05) is 11.9 Å². The summed E-state index contributed by atoms with van der Waals surface area (Å²) in [6, 6.07) is 2.59. The van der Waals surface area contributed by atoms with E-state index in [1.54, 1.807) is 0 Å². The highest BCUT2D eigenvalue weighted by atomic mass is 32.1. The molecule has 0 bridgehead atoms. The molecule has 0 spiro atoms. The van der Waals surface area contributed by atoms with E-state index in [2.05, 4.69) is 24.1 Å². The molecule has 0 saturated heterocycles. The molecule has 3 heterocycles. The Hall–Kier alpha value is -2.72. The van der Waals surface area contributed by atoms with Crippen LogP contribution in [0.5, 0.6) is 0 Å². The van der Waals surface area contributed by atoms with Gasteiger partial charge in [-0.3, -0.25) is 19.8 Å². The Bertz CT molecular complexity index is 885. The molecule has 3 rings (SSSR count). The number of nitrogens with one attached hydrogen (secondary N) is 1. The van der Waals surface area contributed by atoms with Crippen molar-refractivity contribution in [2.45, 2.75) is 32.9 Å². The standard InChI is InChI=1S/C16H17N3O6S/c1-8(2)18-6-5-9-11(7-18)26-15(13(9)16(21)22)17-14(20)10-3-4-12(25-10)19(23)24/h3-4,8H,5-7H2,1-2H3,(H,17,20)(H,21,22). The zero-order chi connectivity index (χ0) is 19.0. The summed E-state index contributed by atoms with van der Waals surface area (Å²) in [5.41, 5.74) is 0.822. The van der Waals surface area contributed by atoms with Crippen LogP contribution in [0.3, 0.4) is 0 Å². The SMILES string of the molecule is CC(C)N1CCc2c(sc(NC(=O)c3ccc([N+](=O)[O-])o3)c2C(=O)O)C1. The number of carbonyl (C=O) groups excluding carboxylic acids is 1. The van der Waals surface area contributed by atoms with Crippen LogP contribution in [0.2, 0.25) is 0 Å². The fraction of sp³-hybridized carbons (Fsp3) is 0.375. The van der Waals surface area contributed by atoms with Crippen LogP contribution in [-0.4, -0.2) is 39.4 Å². The Kier molecular flexibility index (Phi) is 4.79. The molecule has 10 heteroatoms. The molecular formula is C16H17N3O6S. The first kappa shape index (κ1) is 18.1. The van der Waals surface area contributed by atoms with Crippen LogP contribution in [0.4, 0.5) is 10.9 Å². The normalized spacial score (nSPS) is 14.3. The van der Waals surface area contributed by atoms with Gasteiger partial charge in [0.05, 0.1) is 11.6 Å². The van der Waals surface area contributed by atoms with Gasteiger partial charge in [0.15, 0.2) is 5.76 Å². The molecule has 0 aromatic carbocycles. The van der Waals surface area contributed by atoms with Gasteiger partial charge in [-0.1, -0.05) is 0 Å². The highest BCUT2D eigenvalue weighted by Crippen LogP contribution is 2.38. The summed E-state index contributed by atoms with van der Waals surface area (Å²) in [7, 11) is 0. The number of furan rings is 1. The van der Waals surface area contributed by atoms with Crippen LogP contribution in [-0.2, 0) is 13.0 Å². The van der Waals surface area contributed by atoms with Crippen molar-refractivity contribution < 1.29 is 24.0 Å². The van der Waals surface area contributed by atoms with E-state index in [0.717, 1.165) is 23.1 Å². The van der Waals surface area contributed by atoms with Gasteiger partial charge in [0.25, 0.3) is 5.91 Å². The molecule has 0 atom stereocenters. The van der Waals surface area contributed by atoms with Crippen LogP contribution >= 0.6 is 11.3 Å². The second kappa shape index (κ2) is 6.89. The summed E-state index contributed by atoms with van der Waals surface area (Å²) in [5.74, 6) is -2.63. The van der Waals surface area contributed by atoms with Gasteiger partial charge >= 0.3 is 11.9 Å². The predicted octanol–water partition coefficient (Wildman–Crippen LogP) is 2.97. The fourth-order valence-corrected chi connectivity index (χ4v) is 4.15. The average Bonchev–Trinajstić information content (AvgIpc) is 3.18. The number of carbonyl (C=O) groups is 2. The van der Waals surface area contributed by atoms with Crippen molar-refractivity contribution in [1.82, 2.24) is 4.90 Å². The zero-order valence-electron chi connectivity index (χ0n) is 14.1. The van der Waals surface area contributed by atoms with Gasteiger partial charge in [0.1, 0.15) is 9.92 Å². The molecule has 0 unspecified atom stereocenters. The van der Waals surface area contributed by atoms with Crippen LogP contribution in [0, 0.1) is 10.1 Å². The molecule has 0 aliphatic carbocycles. The summed E-state index contributed by atoms with van der Waals surface area (Å²) in [6.07, 6.45) is 0.591. The van der Waals surface area contributed by atoms with Crippen LogP contribution in [0.15, 0.2) is 16.5 Å². The molecule has 1 aliphatic heterocycles. The maximum Gasteiger partial charge on any atom is 0.433 e. The number of anilines is 1. The Morgan fingerprint density at radius 2 is 2.15 bits per heavy atom. The molecule has 0 radical (unpaired) electrons. The lowest BCUT2D eigenvalue weighted by atomic mass is 10.0. The van der Waals surface area contributed by atoms with E-state index >= 15 is 0 Å². The summed E-state index contributed by atoms with van der Waals surface area (Å²) in [6.45, 7) is 5.52. The number of thiophene rings is 1. The lowest BCUT2D eigenvalue weighted by molar-refractivity contribution is -0.402. The molecule has 2 N–H and O–H groups in total. The minimum Gasteiger partial charge on any atom is -0.478 e. The van der Waals surface area contributed by atoms with E-state index in [4.69, 9.17) is 4.42 Å². The van der Waals surface area contributed by atoms with Gasteiger partial charge in [0.2, 0.25) is 0 Å². The van der Waals surface area contributed by atoms with E-state index < -0.39 is 22.7 Å². The van der Waals surface area contributed by atoms with Gasteiger partial charge in [-0.05, 0) is 31.9 Å². The van der Waals surface area contributed by atoms with Gasteiger partial charge in [0, 0.05) is 24.0 Å². The molecule has 0 fully saturated rings. The highest BCUT2D eigenvalue weighted by Gasteiger charge is 2.30. The quantitative estimate of drug-likeness (QED) is 0.604. The van der Waals surface area contributed by atoms with Crippen molar-refractivity contribution >= 4 is 34.1 Å². The third kappa shape index (κ3) is 3.33. The van der Waals surface area contributed by atoms with Crippen LogP contribution < -0.4 is 5.32 Å². The van der Waals surface area contributed by atoms with Gasteiger partial charge < -0.3 is 14.8 Å². The lowest BCUT2D eigenvalue weighted by Crippen LogP contribution is -2.35. The molecule has 1 amide bonds. The van der Waals surface area contributed by atoms with E-state index in [0.29, 0.717) is 19.0 Å². The van der Waals surface area contributed by atoms with Crippen molar-refractivity contribution in [3.63, 3.8) is 0 Å². The maximum atomic E-state index is 12.3. The van der Waals surface area contributed by atoms with Crippen molar-refractivity contribution in [3.05, 3.63) is 44.0 Å². The summed E-state index contributed by atoms with van der Waals surface area (Å²) < 4.78 is 4.87. The molecule has 0 saturated carbocycles. The third-order valence-corrected chi connectivity index (χ3v) is 5.39. The topological polar surface area (TPSA) is 126 Å². The number of aromatic carboxylic acids is 1. The molecule has 2 aromatic rings. The maximum absolute atomic E-state index is 12.3. The molecule has 26 heavy (non-hydrogen) atoms. The van der Waals surface area contributed by atoms with Gasteiger partial charge in [-0.25, -0.2) is 4.79 Å². The Labute approximate surface area is 152 Å². The van der Waals surface area contributed by atoms with Crippen molar-refractivity contribution in [2.24, 2.45) is 0 Å². The van der Waals surface area contributed by atoms with E-state index in [1.165, 1.54) is 17.4 Å². The van der Waals surface area contributed by atoms with E-state index in [-0.39, 0.29) is 16.3 Å².